The molecule has 176 valence electrons. The highest BCUT2D eigenvalue weighted by Crippen LogP contribution is 2.66. The van der Waals surface area contributed by atoms with Crippen LogP contribution < -0.4 is 0 Å². The number of hydrogen-bond acceptors (Lipinski definition) is 12. The normalized spacial score (nSPS) is 14.3. The molecule has 12 rings (SSSR count). The fourth-order valence-electron chi connectivity index (χ4n) is 7.02. The molecule has 37 heavy (non-hydrogen) atoms. The first-order valence-electron chi connectivity index (χ1n) is 11.2. The second-order valence-corrected chi connectivity index (χ2v) is 21.5. The highest BCUT2D eigenvalue weighted by molar-refractivity contribution is 7.99. The summed E-state index contributed by atoms with van der Waals surface area (Å²) in [5.41, 5.74) is 0. The summed E-state index contributed by atoms with van der Waals surface area (Å²) in [5, 5.41) is 18.3. The molecule has 0 aliphatic rings. The number of hydrogen-bond donors (Lipinski definition) is 1. The van der Waals surface area contributed by atoms with Gasteiger partial charge in [-0.15, -0.1) is 24.4 Å². The molecule has 0 aliphatic heterocycles. The van der Waals surface area contributed by atoms with Crippen molar-refractivity contribution in [1.82, 2.24) is 0 Å². The molecule has 0 radical (unpaired) electrons. The van der Waals surface area contributed by atoms with Crippen LogP contribution in [-0.2, 0) is 0 Å². The van der Waals surface area contributed by atoms with E-state index in [0.717, 1.165) is 0 Å². The molecule has 0 atom stereocenters. The van der Waals surface area contributed by atoms with Gasteiger partial charge in [-0.25, -0.2) is 0 Å². The van der Waals surface area contributed by atoms with Gasteiger partial charge in [-0.1, -0.05) is 103 Å². The van der Waals surface area contributed by atoms with E-state index in [4.69, 9.17) is 12.6 Å². The molecule has 0 unspecified atom stereocenters. The summed E-state index contributed by atoms with van der Waals surface area (Å²) in [4.78, 5) is 2.63. The summed E-state index contributed by atoms with van der Waals surface area (Å²) in [5.74, 6) is 0. The fraction of sp³-hybridized carbons (Fsp3) is 0.0400. The third-order valence-corrected chi connectivity index (χ3v) is 22.7. The molecule has 5 aromatic heterocycles. The van der Waals surface area contributed by atoms with Crippen LogP contribution in [0.2, 0.25) is 0 Å². The molecule has 0 saturated heterocycles. The Bertz CT molecular complexity index is 2830. The lowest BCUT2D eigenvalue weighted by atomic mass is 9.82. The van der Waals surface area contributed by atoms with Crippen molar-refractivity contribution in [3.8, 4) is 0 Å². The summed E-state index contributed by atoms with van der Waals surface area (Å²) < 4.78 is 15.0. The van der Waals surface area contributed by atoms with Crippen LogP contribution in [0, 0.1) is 0 Å². The van der Waals surface area contributed by atoms with Gasteiger partial charge >= 0.3 is 0 Å². The SMILES string of the molecule is CSc1c2ssc3c4ssc5c6ssc7c8ssc9c%10ssc%11c(S)c1c1c(c%11%10)c(c98)c(c76)c(c45)c1c23. The van der Waals surface area contributed by atoms with Crippen LogP contribution in [0.15, 0.2) is 9.79 Å². The summed E-state index contributed by atoms with van der Waals surface area (Å²) in [6.07, 6.45) is 2.26. The van der Waals surface area contributed by atoms with Crippen LogP contribution >= 0.6 is 128 Å². The highest BCUT2D eigenvalue weighted by atomic mass is 32.9. The van der Waals surface area contributed by atoms with Gasteiger partial charge in [-0.05, 0) is 6.26 Å². The quantitative estimate of drug-likeness (QED) is 0.0589. The predicted octanol–water partition coefficient (Wildman–Crippen LogP) is 14.3. The molecule has 0 spiro atoms. The Morgan fingerprint density at radius 1 is 0.351 bits per heavy atom. The summed E-state index contributed by atoms with van der Waals surface area (Å²) in [7, 11) is 20.0. The standard InChI is InChI=1S/C25H4S12/c1-27-16-8-2-3-5-7-6-4(2)10-17(16)29-31-19(10)21-12(6)23(35-33-21)25-13(7)24(36-37-25)22-11(5)20(32-34-22)18-9(3)15(14(8)26)28-30-18/h26H,1H3. The van der Waals surface area contributed by atoms with Crippen molar-refractivity contribution in [2.24, 2.45) is 0 Å². The van der Waals surface area contributed by atoms with Crippen molar-refractivity contribution in [3.05, 3.63) is 0 Å². The van der Waals surface area contributed by atoms with Gasteiger partial charge in [0.25, 0.3) is 0 Å². The third kappa shape index (κ3) is 1.90. The maximum atomic E-state index is 5.34. The van der Waals surface area contributed by atoms with E-state index in [2.05, 4.69) is 6.26 Å². The maximum absolute atomic E-state index is 5.34. The van der Waals surface area contributed by atoms with Crippen LogP contribution in [0.5, 0.6) is 0 Å². The monoisotopic (exact) mass is 688 g/mol. The van der Waals surface area contributed by atoms with E-state index >= 15 is 0 Å². The van der Waals surface area contributed by atoms with Crippen LogP contribution in [0.3, 0.4) is 0 Å². The van der Waals surface area contributed by atoms with Gasteiger partial charge in [0.15, 0.2) is 0 Å². The van der Waals surface area contributed by atoms with Gasteiger partial charge in [0, 0.05) is 74.4 Å². The Balaban J connectivity index is 1.70. The zero-order valence-corrected chi connectivity index (χ0v) is 27.8. The van der Waals surface area contributed by atoms with Gasteiger partial charge in [0.1, 0.15) is 0 Å². The maximum Gasteiger partial charge on any atom is 0.0658 e. The number of thiol groups is 1. The molecule has 0 fully saturated rings. The van der Waals surface area contributed by atoms with E-state index in [9.17, 15) is 0 Å². The zero-order valence-electron chi connectivity index (χ0n) is 17.9. The highest BCUT2D eigenvalue weighted by Gasteiger charge is 2.34. The first-order chi connectivity index (χ1) is 18.3. The molecular formula is C25H4S12. The molecule has 0 bridgehead atoms. The van der Waals surface area contributed by atoms with Crippen molar-refractivity contribution < 1.29 is 0 Å². The van der Waals surface area contributed by atoms with E-state index in [0.29, 0.717) is 0 Å². The second-order valence-electron chi connectivity index (χ2n) is 9.51. The van der Waals surface area contributed by atoms with Crippen molar-refractivity contribution in [2.75, 3.05) is 6.26 Å². The number of fused-ring (bicyclic) bond motifs is 4. The largest absolute Gasteiger partial charge is 0.141 e. The molecule has 12 heteroatoms. The number of thioether (sulfide) groups is 1. The van der Waals surface area contributed by atoms with E-state index in [1.807, 2.05) is 115 Å². The molecule has 0 aliphatic carbocycles. The smallest absolute Gasteiger partial charge is 0.0658 e. The Labute approximate surface area is 252 Å². The minimum absolute atomic E-state index is 1.20. The summed E-state index contributed by atoms with van der Waals surface area (Å²) in [6.45, 7) is 0. The van der Waals surface area contributed by atoms with Gasteiger partial charge in [-0.2, -0.15) is 0 Å². The number of rotatable bonds is 1. The first kappa shape index (κ1) is 20.6. The van der Waals surface area contributed by atoms with E-state index in [1.165, 1.54) is 89.1 Å². The molecule has 0 nitrogen and oxygen atoms in total. The first-order valence-corrected chi connectivity index (χ1v) is 23.6. The summed E-state index contributed by atoms with van der Waals surface area (Å²) >= 11 is 7.26. The second kappa shape index (κ2) is 6.32. The molecule has 0 amide bonds. The minimum Gasteiger partial charge on any atom is -0.141 e. The Kier molecular flexibility index (Phi) is 3.52. The average Bonchev–Trinajstić information content (AvgIpc) is 3.72. The average molecular weight is 689 g/mol. The molecule has 12 aromatic rings. The lowest BCUT2D eigenvalue weighted by Gasteiger charge is -2.23. The van der Waals surface area contributed by atoms with E-state index in [1.54, 1.807) is 32.3 Å². The molecule has 7 aromatic carbocycles. The van der Waals surface area contributed by atoms with Crippen molar-refractivity contribution >= 4 is 239 Å². The van der Waals surface area contributed by atoms with Crippen LogP contribution in [0.4, 0.5) is 0 Å². The van der Waals surface area contributed by atoms with E-state index in [-0.39, 0.29) is 0 Å². The van der Waals surface area contributed by atoms with Crippen LogP contribution in [0.1, 0.15) is 0 Å². The molecule has 0 N–H and O–H groups in total. The van der Waals surface area contributed by atoms with Gasteiger partial charge in [0.2, 0.25) is 0 Å². The topological polar surface area (TPSA) is 0 Å². The molecule has 0 saturated carbocycles. The Hall–Kier alpha value is -0.220. The van der Waals surface area contributed by atoms with Crippen molar-refractivity contribution in [2.45, 2.75) is 9.79 Å². The third-order valence-electron chi connectivity index (χ3n) is 8.23. The lowest BCUT2D eigenvalue weighted by molar-refractivity contribution is 1.62. The fourth-order valence-corrected chi connectivity index (χ4v) is 24.6. The number of benzene rings is 7. The van der Waals surface area contributed by atoms with Gasteiger partial charge in [0.05, 0.1) is 47.0 Å². The van der Waals surface area contributed by atoms with Gasteiger partial charge < -0.3 is 0 Å². The predicted molar refractivity (Wildman–Crippen MR) is 190 cm³/mol. The lowest BCUT2D eigenvalue weighted by Crippen LogP contribution is -1.95. The zero-order chi connectivity index (χ0) is 23.6. The summed E-state index contributed by atoms with van der Waals surface area (Å²) in [6, 6.07) is 0. The molecule has 5 heterocycles. The van der Waals surface area contributed by atoms with Crippen LogP contribution in [-0.4, -0.2) is 6.26 Å². The molecular weight excluding hydrogens is 685 g/mol. The van der Waals surface area contributed by atoms with Gasteiger partial charge in [-0.3, -0.25) is 0 Å². The van der Waals surface area contributed by atoms with Crippen LogP contribution in [0.25, 0.3) is 112 Å². The Morgan fingerprint density at radius 2 is 0.622 bits per heavy atom. The Morgan fingerprint density at radius 3 is 1.00 bits per heavy atom. The minimum atomic E-state index is 1.20. The van der Waals surface area contributed by atoms with E-state index < -0.39 is 0 Å². The van der Waals surface area contributed by atoms with Crippen molar-refractivity contribution in [1.29, 1.82) is 0 Å². The van der Waals surface area contributed by atoms with Crippen molar-refractivity contribution in [3.63, 3.8) is 0 Å².